The fourth-order valence-electron chi connectivity index (χ4n) is 2.78. The normalized spacial score (nSPS) is 11.6. The van der Waals surface area contributed by atoms with Gasteiger partial charge in [-0.3, -0.25) is 0 Å². The summed E-state index contributed by atoms with van der Waals surface area (Å²) < 4.78 is 11.4. The van der Waals surface area contributed by atoms with E-state index in [9.17, 15) is 0 Å². The van der Waals surface area contributed by atoms with Gasteiger partial charge in [0.2, 0.25) is 0 Å². The highest BCUT2D eigenvalue weighted by Gasteiger charge is 2.06. The van der Waals surface area contributed by atoms with Gasteiger partial charge in [-0.2, -0.15) is 5.10 Å². The second-order valence-corrected chi connectivity index (χ2v) is 7.58. The summed E-state index contributed by atoms with van der Waals surface area (Å²) in [5, 5.41) is 8.62. The lowest BCUT2D eigenvalue weighted by molar-refractivity contribution is 0.295. The number of hydrogen-bond acceptors (Lipinski definition) is 5. The van der Waals surface area contributed by atoms with Crippen molar-refractivity contribution in [3.05, 3.63) is 95.1 Å². The van der Waals surface area contributed by atoms with Crippen molar-refractivity contribution in [3.8, 4) is 11.5 Å². The average molecular weight is 420 g/mol. The lowest BCUT2D eigenvalue weighted by Crippen LogP contribution is -2.06. The quantitative estimate of drug-likeness (QED) is 0.311. The molecule has 3 aromatic carbocycles. The first-order chi connectivity index (χ1) is 14.7. The first-order valence-electron chi connectivity index (χ1n) is 9.54. The molecule has 5 nitrogen and oxygen atoms in total. The van der Waals surface area contributed by atoms with Crippen LogP contribution in [0.3, 0.4) is 0 Å². The first kappa shape index (κ1) is 21.5. The molecule has 6 heteroatoms. The van der Waals surface area contributed by atoms with Crippen molar-refractivity contribution in [2.75, 3.05) is 7.11 Å². The molecule has 0 spiro atoms. The van der Waals surface area contributed by atoms with Crippen LogP contribution in [0.2, 0.25) is 0 Å². The van der Waals surface area contributed by atoms with E-state index >= 15 is 0 Å². The van der Waals surface area contributed by atoms with Crippen molar-refractivity contribution in [2.24, 2.45) is 15.9 Å². The van der Waals surface area contributed by atoms with Crippen LogP contribution in [0.15, 0.2) is 83.0 Å². The molecule has 0 aliphatic heterocycles. The standard InChI is InChI=1S/C24H25N3O2S/c1-18-8-6-7-11-22(18)29-16-21-14-20(12-13-23(21)28-2)15-26-27-24(25)30-17-19-9-4-3-5-10-19/h3-15H,16-17H2,1-2H3,(H2,25,27). The number of hydrogen-bond donors (Lipinski definition) is 1. The second kappa shape index (κ2) is 11.1. The summed E-state index contributed by atoms with van der Waals surface area (Å²) in [6.45, 7) is 2.42. The third-order valence-electron chi connectivity index (χ3n) is 4.37. The van der Waals surface area contributed by atoms with Gasteiger partial charge in [-0.25, -0.2) is 0 Å². The largest absolute Gasteiger partial charge is 0.496 e. The monoisotopic (exact) mass is 419 g/mol. The summed E-state index contributed by atoms with van der Waals surface area (Å²) >= 11 is 1.45. The van der Waals surface area contributed by atoms with Crippen molar-refractivity contribution in [2.45, 2.75) is 19.3 Å². The number of nitrogens with two attached hydrogens (primary N) is 1. The van der Waals surface area contributed by atoms with Crippen molar-refractivity contribution >= 4 is 23.1 Å². The Bertz CT molecular complexity index is 1020. The Morgan fingerprint density at radius 2 is 1.77 bits per heavy atom. The molecule has 30 heavy (non-hydrogen) atoms. The number of benzene rings is 3. The summed E-state index contributed by atoms with van der Waals surface area (Å²) in [5.74, 6) is 2.38. The molecule has 0 amide bonds. The van der Waals surface area contributed by atoms with Crippen LogP contribution in [0.5, 0.6) is 11.5 Å². The Hall–Kier alpha value is -3.25. The van der Waals surface area contributed by atoms with Gasteiger partial charge in [-0.1, -0.05) is 60.3 Å². The summed E-state index contributed by atoms with van der Waals surface area (Å²) in [5.41, 5.74) is 10.1. The lowest BCUT2D eigenvalue weighted by Gasteiger charge is -2.12. The van der Waals surface area contributed by atoms with E-state index in [1.54, 1.807) is 13.3 Å². The Balaban J connectivity index is 1.62. The Morgan fingerprint density at radius 1 is 1.00 bits per heavy atom. The fraction of sp³-hybridized carbons (Fsp3) is 0.167. The SMILES string of the molecule is COc1ccc(C=NN=C(N)SCc2ccccc2)cc1COc1ccccc1C. The van der Waals surface area contributed by atoms with Gasteiger partial charge < -0.3 is 15.2 Å². The van der Waals surface area contributed by atoms with Crippen LogP contribution in [0.1, 0.15) is 22.3 Å². The van der Waals surface area contributed by atoms with E-state index in [1.807, 2.05) is 67.6 Å². The Labute approximate surface area is 181 Å². The molecule has 0 saturated heterocycles. The minimum absolute atomic E-state index is 0.397. The molecule has 0 bridgehead atoms. The highest BCUT2D eigenvalue weighted by Crippen LogP contribution is 2.23. The second-order valence-electron chi connectivity index (χ2n) is 6.58. The van der Waals surface area contributed by atoms with Crippen LogP contribution in [-0.2, 0) is 12.4 Å². The number of rotatable bonds is 8. The van der Waals surface area contributed by atoms with Gasteiger partial charge in [0.15, 0.2) is 5.17 Å². The molecule has 0 atom stereocenters. The Kier molecular flexibility index (Phi) is 7.92. The molecular formula is C24H25N3O2S. The van der Waals surface area contributed by atoms with Crippen molar-refractivity contribution in [3.63, 3.8) is 0 Å². The van der Waals surface area contributed by atoms with E-state index in [1.165, 1.54) is 17.3 Å². The van der Waals surface area contributed by atoms with Crippen LogP contribution < -0.4 is 15.2 Å². The van der Waals surface area contributed by atoms with Gasteiger partial charge in [0.1, 0.15) is 18.1 Å². The van der Waals surface area contributed by atoms with Gasteiger partial charge in [0.05, 0.1) is 13.3 Å². The summed E-state index contributed by atoms with van der Waals surface area (Å²) in [7, 11) is 1.65. The zero-order valence-electron chi connectivity index (χ0n) is 17.1. The lowest BCUT2D eigenvalue weighted by atomic mass is 10.1. The highest BCUT2D eigenvalue weighted by atomic mass is 32.2. The molecule has 0 radical (unpaired) electrons. The van der Waals surface area contributed by atoms with Crippen molar-refractivity contribution < 1.29 is 9.47 Å². The van der Waals surface area contributed by atoms with E-state index in [-0.39, 0.29) is 0 Å². The maximum Gasteiger partial charge on any atom is 0.180 e. The van der Waals surface area contributed by atoms with Gasteiger partial charge in [0, 0.05) is 11.3 Å². The van der Waals surface area contributed by atoms with Gasteiger partial charge in [-0.05, 0) is 47.9 Å². The molecule has 0 aliphatic rings. The predicted octanol–water partition coefficient (Wildman–Crippen LogP) is 5.16. The Morgan fingerprint density at radius 3 is 2.53 bits per heavy atom. The van der Waals surface area contributed by atoms with E-state index < -0.39 is 0 Å². The number of para-hydroxylation sites is 1. The molecule has 0 unspecified atom stereocenters. The van der Waals surface area contributed by atoms with E-state index in [0.29, 0.717) is 11.8 Å². The summed E-state index contributed by atoms with van der Waals surface area (Å²) in [6.07, 6.45) is 1.67. The van der Waals surface area contributed by atoms with Gasteiger partial charge in [-0.15, -0.1) is 5.10 Å². The van der Waals surface area contributed by atoms with Crippen LogP contribution in [-0.4, -0.2) is 18.5 Å². The van der Waals surface area contributed by atoms with Crippen LogP contribution in [0, 0.1) is 6.92 Å². The molecule has 0 aliphatic carbocycles. The molecule has 154 valence electrons. The molecule has 0 fully saturated rings. The smallest absolute Gasteiger partial charge is 0.180 e. The average Bonchev–Trinajstić information content (AvgIpc) is 2.78. The zero-order valence-corrected chi connectivity index (χ0v) is 17.9. The number of aryl methyl sites for hydroxylation is 1. The minimum Gasteiger partial charge on any atom is -0.496 e. The molecule has 0 saturated carbocycles. The molecular weight excluding hydrogens is 394 g/mol. The van der Waals surface area contributed by atoms with Gasteiger partial charge >= 0.3 is 0 Å². The fourth-order valence-corrected chi connectivity index (χ4v) is 3.39. The molecule has 3 rings (SSSR count). The molecule has 3 aromatic rings. The maximum absolute atomic E-state index is 5.96. The number of nitrogens with zero attached hydrogens (tertiary/aromatic N) is 2. The first-order valence-corrected chi connectivity index (χ1v) is 10.5. The van der Waals surface area contributed by atoms with E-state index in [0.717, 1.165) is 33.9 Å². The third kappa shape index (κ3) is 6.39. The third-order valence-corrected chi connectivity index (χ3v) is 5.23. The van der Waals surface area contributed by atoms with Crippen molar-refractivity contribution in [1.29, 1.82) is 0 Å². The van der Waals surface area contributed by atoms with E-state index in [4.69, 9.17) is 15.2 Å². The number of ether oxygens (including phenoxy) is 2. The maximum atomic E-state index is 5.96. The highest BCUT2D eigenvalue weighted by molar-refractivity contribution is 8.13. The predicted molar refractivity (Wildman–Crippen MR) is 125 cm³/mol. The number of methoxy groups -OCH3 is 1. The van der Waals surface area contributed by atoms with Crippen LogP contribution in [0.25, 0.3) is 0 Å². The minimum atomic E-state index is 0.397. The molecule has 0 heterocycles. The van der Waals surface area contributed by atoms with E-state index in [2.05, 4.69) is 22.3 Å². The number of thioether (sulfide) groups is 1. The zero-order chi connectivity index (χ0) is 21.2. The van der Waals surface area contributed by atoms with Crippen LogP contribution >= 0.6 is 11.8 Å². The van der Waals surface area contributed by atoms with Crippen LogP contribution in [0.4, 0.5) is 0 Å². The van der Waals surface area contributed by atoms with Crippen molar-refractivity contribution in [1.82, 2.24) is 0 Å². The summed E-state index contributed by atoms with van der Waals surface area (Å²) in [6, 6.07) is 23.8. The number of amidine groups is 1. The molecule has 2 N–H and O–H groups in total. The molecule has 0 aromatic heterocycles. The summed E-state index contributed by atoms with van der Waals surface area (Å²) in [4.78, 5) is 0. The van der Waals surface area contributed by atoms with Gasteiger partial charge in [0.25, 0.3) is 0 Å². The topological polar surface area (TPSA) is 69.2 Å².